The van der Waals surface area contributed by atoms with Crippen molar-refractivity contribution in [3.63, 3.8) is 0 Å². The molecule has 19 heavy (non-hydrogen) atoms. The maximum atomic E-state index is 3.48. The molecule has 1 fully saturated rings. The second-order valence-corrected chi connectivity index (χ2v) is 6.07. The van der Waals surface area contributed by atoms with Gasteiger partial charge in [0, 0.05) is 6.04 Å². The Balaban J connectivity index is 2.04. The molecule has 1 N–H and O–H groups in total. The Labute approximate surface area is 118 Å². The molecule has 0 aromatic heterocycles. The average molecular weight is 260 g/mol. The smallest absolute Gasteiger partial charge is 0.0345 e. The quantitative estimate of drug-likeness (QED) is 0.844. The van der Waals surface area contributed by atoms with Crippen molar-refractivity contribution in [3.05, 3.63) is 35.4 Å². The fourth-order valence-corrected chi connectivity index (χ4v) is 3.07. The van der Waals surface area contributed by atoms with E-state index < -0.39 is 0 Å². The minimum Gasteiger partial charge on any atom is -0.316 e. The van der Waals surface area contributed by atoms with E-state index in [1.165, 1.54) is 49.9 Å². The summed E-state index contributed by atoms with van der Waals surface area (Å²) in [7, 11) is 4.40. The van der Waals surface area contributed by atoms with Gasteiger partial charge in [-0.15, -0.1) is 0 Å². The third-order valence-corrected chi connectivity index (χ3v) is 4.25. The topological polar surface area (TPSA) is 15.3 Å². The molecule has 1 aromatic rings. The van der Waals surface area contributed by atoms with E-state index in [2.05, 4.69) is 55.5 Å². The van der Waals surface area contributed by atoms with Crippen molar-refractivity contribution in [1.82, 2.24) is 10.2 Å². The normalized spacial score (nSPS) is 20.9. The Morgan fingerprint density at radius 2 is 2.00 bits per heavy atom. The van der Waals surface area contributed by atoms with Gasteiger partial charge >= 0.3 is 0 Å². The molecule has 106 valence electrons. The SMILES string of the molecule is CCCc1ccc(C(CC2CCNC2)N(C)C)cc1. The Morgan fingerprint density at radius 3 is 2.53 bits per heavy atom. The molecular weight excluding hydrogens is 232 g/mol. The molecule has 1 aliphatic rings. The molecular formula is C17H28N2. The monoisotopic (exact) mass is 260 g/mol. The number of nitrogens with one attached hydrogen (secondary N) is 1. The van der Waals surface area contributed by atoms with E-state index in [9.17, 15) is 0 Å². The lowest BCUT2D eigenvalue weighted by molar-refractivity contribution is 0.253. The van der Waals surface area contributed by atoms with Crippen LogP contribution in [-0.2, 0) is 6.42 Å². The lowest BCUT2D eigenvalue weighted by Crippen LogP contribution is -2.23. The number of rotatable bonds is 6. The maximum absolute atomic E-state index is 3.48. The summed E-state index contributed by atoms with van der Waals surface area (Å²) >= 11 is 0. The van der Waals surface area contributed by atoms with E-state index in [0.29, 0.717) is 6.04 Å². The van der Waals surface area contributed by atoms with E-state index in [1.807, 2.05) is 0 Å². The Morgan fingerprint density at radius 1 is 1.26 bits per heavy atom. The number of benzene rings is 1. The van der Waals surface area contributed by atoms with Crippen molar-refractivity contribution < 1.29 is 0 Å². The van der Waals surface area contributed by atoms with Gasteiger partial charge in [-0.05, 0) is 63.5 Å². The van der Waals surface area contributed by atoms with Gasteiger partial charge in [-0.3, -0.25) is 0 Å². The van der Waals surface area contributed by atoms with Gasteiger partial charge in [0.1, 0.15) is 0 Å². The van der Waals surface area contributed by atoms with E-state index in [-0.39, 0.29) is 0 Å². The standard InChI is InChI=1S/C17H28N2/c1-4-5-14-6-8-16(9-7-14)17(19(2)3)12-15-10-11-18-13-15/h6-9,15,17-18H,4-5,10-13H2,1-3H3. The number of aryl methyl sites for hydroxylation is 1. The van der Waals surface area contributed by atoms with Crippen LogP contribution in [0.5, 0.6) is 0 Å². The van der Waals surface area contributed by atoms with E-state index in [4.69, 9.17) is 0 Å². The molecule has 0 amide bonds. The second-order valence-electron chi connectivity index (χ2n) is 6.07. The third kappa shape index (κ3) is 4.05. The number of hydrogen-bond donors (Lipinski definition) is 1. The van der Waals surface area contributed by atoms with Crippen molar-refractivity contribution in [2.75, 3.05) is 27.2 Å². The Bertz CT molecular complexity index is 363. The van der Waals surface area contributed by atoms with Crippen LogP contribution >= 0.6 is 0 Å². The first-order valence-corrected chi connectivity index (χ1v) is 7.66. The zero-order valence-electron chi connectivity index (χ0n) is 12.7. The maximum Gasteiger partial charge on any atom is 0.0345 e. The molecule has 2 atom stereocenters. The minimum atomic E-state index is 0.556. The predicted octanol–water partition coefficient (Wildman–Crippen LogP) is 3.24. The first-order chi connectivity index (χ1) is 9.20. The van der Waals surface area contributed by atoms with Crippen LogP contribution in [0.25, 0.3) is 0 Å². The molecule has 2 nitrogen and oxygen atoms in total. The van der Waals surface area contributed by atoms with Gasteiger partial charge in [-0.2, -0.15) is 0 Å². The van der Waals surface area contributed by atoms with Crippen LogP contribution in [0.15, 0.2) is 24.3 Å². The average Bonchev–Trinajstić information content (AvgIpc) is 2.90. The van der Waals surface area contributed by atoms with Crippen LogP contribution in [-0.4, -0.2) is 32.1 Å². The van der Waals surface area contributed by atoms with Gasteiger partial charge in [0.15, 0.2) is 0 Å². The van der Waals surface area contributed by atoms with Crippen molar-refractivity contribution in [3.8, 4) is 0 Å². The lowest BCUT2D eigenvalue weighted by Gasteiger charge is -2.27. The molecule has 0 aliphatic carbocycles. The highest BCUT2D eigenvalue weighted by atomic mass is 15.1. The molecule has 1 heterocycles. The van der Waals surface area contributed by atoms with Gasteiger partial charge in [-0.1, -0.05) is 37.6 Å². The summed E-state index contributed by atoms with van der Waals surface area (Å²) < 4.78 is 0. The summed E-state index contributed by atoms with van der Waals surface area (Å²) in [6.45, 7) is 4.63. The Hall–Kier alpha value is -0.860. The zero-order chi connectivity index (χ0) is 13.7. The van der Waals surface area contributed by atoms with Crippen molar-refractivity contribution in [1.29, 1.82) is 0 Å². The Kier molecular flexibility index (Phi) is 5.41. The van der Waals surface area contributed by atoms with Gasteiger partial charge in [0.2, 0.25) is 0 Å². The minimum absolute atomic E-state index is 0.556. The van der Waals surface area contributed by atoms with Crippen LogP contribution in [0, 0.1) is 5.92 Å². The van der Waals surface area contributed by atoms with Crippen molar-refractivity contribution in [2.24, 2.45) is 5.92 Å². The van der Waals surface area contributed by atoms with Crippen LogP contribution in [0.2, 0.25) is 0 Å². The van der Waals surface area contributed by atoms with Crippen LogP contribution in [0.1, 0.15) is 43.4 Å². The second kappa shape index (κ2) is 7.06. The molecule has 1 saturated heterocycles. The third-order valence-electron chi connectivity index (χ3n) is 4.25. The fourth-order valence-electron chi connectivity index (χ4n) is 3.07. The number of hydrogen-bond acceptors (Lipinski definition) is 2. The summed E-state index contributed by atoms with van der Waals surface area (Å²) in [5.41, 5.74) is 2.93. The molecule has 0 saturated carbocycles. The highest BCUT2D eigenvalue weighted by molar-refractivity contribution is 5.25. The van der Waals surface area contributed by atoms with Gasteiger partial charge in [-0.25, -0.2) is 0 Å². The van der Waals surface area contributed by atoms with Crippen molar-refractivity contribution in [2.45, 2.75) is 38.6 Å². The summed E-state index contributed by atoms with van der Waals surface area (Å²) in [6.07, 6.45) is 5.02. The summed E-state index contributed by atoms with van der Waals surface area (Å²) in [5, 5.41) is 3.48. The van der Waals surface area contributed by atoms with E-state index >= 15 is 0 Å². The van der Waals surface area contributed by atoms with Gasteiger partial charge in [0.25, 0.3) is 0 Å². The van der Waals surface area contributed by atoms with Crippen molar-refractivity contribution >= 4 is 0 Å². The number of nitrogens with zero attached hydrogens (tertiary/aromatic N) is 1. The highest BCUT2D eigenvalue weighted by Crippen LogP contribution is 2.28. The van der Waals surface area contributed by atoms with Gasteiger partial charge in [0.05, 0.1) is 0 Å². The first-order valence-electron chi connectivity index (χ1n) is 7.66. The van der Waals surface area contributed by atoms with Gasteiger partial charge < -0.3 is 10.2 Å². The summed E-state index contributed by atoms with van der Waals surface area (Å²) in [4.78, 5) is 2.37. The largest absolute Gasteiger partial charge is 0.316 e. The zero-order valence-corrected chi connectivity index (χ0v) is 12.7. The van der Waals surface area contributed by atoms with E-state index in [0.717, 1.165) is 5.92 Å². The van der Waals surface area contributed by atoms with Crippen LogP contribution in [0.4, 0.5) is 0 Å². The molecule has 2 heteroatoms. The highest BCUT2D eigenvalue weighted by Gasteiger charge is 2.22. The molecule has 0 bridgehead atoms. The molecule has 0 spiro atoms. The fraction of sp³-hybridized carbons (Fsp3) is 0.647. The van der Waals surface area contributed by atoms with Crippen LogP contribution in [0.3, 0.4) is 0 Å². The molecule has 1 aromatic carbocycles. The predicted molar refractivity (Wildman–Crippen MR) is 82.5 cm³/mol. The first kappa shape index (κ1) is 14.5. The summed E-state index contributed by atoms with van der Waals surface area (Å²) in [5.74, 6) is 0.836. The molecule has 2 rings (SSSR count). The lowest BCUT2D eigenvalue weighted by atomic mass is 9.92. The summed E-state index contributed by atoms with van der Waals surface area (Å²) in [6, 6.07) is 9.83. The molecule has 2 unspecified atom stereocenters. The molecule has 0 radical (unpaired) electrons. The molecule has 1 aliphatic heterocycles. The van der Waals surface area contributed by atoms with Crippen LogP contribution < -0.4 is 5.32 Å². The van der Waals surface area contributed by atoms with E-state index in [1.54, 1.807) is 0 Å².